The molecular weight excluding hydrogens is 416 g/mol. The van der Waals surface area contributed by atoms with Crippen LogP contribution < -0.4 is 12.4 Å². The first kappa shape index (κ1) is 24.6. The van der Waals surface area contributed by atoms with Crippen LogP contribution in [-0.4, -0.2) is 59.8 Å². The highest BCUT2D eigenvalue weighted by molar-refractivity contribution is 8.26. The number of likely N-dealkylation sites (N-methyl/N-ethyl adjacent to an activating group) is 1. The molecule has 1 aliphatic rings. The number of hydrogen-bond donors (Lipinski definition) is 0. The largest absolute Gasteiger partial charge is 1.00 e. The monoisotopic (exact) mass is 441 g/mol. The molecule has 0 saturated carbocycles. The molecule has 0 bridgehead atoms. The quantitative estimate of drug-likeness (QED) is 0.229. The highest BCUT2D eigenvalue weighted by Gasteiger charge is 2.31. The number of thioether (sulfide) groups is 1. The predicted molar refractivity (Wildman–Crippen MR) is 114 cm³/mol. The number of unbranched alkanes of at least 4 members (excludes halogenated alkanes) is 2. The maximum atomic E-state index is 12.5. The zero-order valence-electron chi connectivity index (χ0n) is 16.2. The van der Waals surface area contributed by atoms with Crippen LogP contribution in [0.5, 0.6) is 0 Å². The molecular formula is C20H26ClN2O3S2-. The molecule has 1 heterocycles. The van der Waals surface area contributed by atoms with E-state index in [4.69, 9.17) is 17.0 Å². The number of ether oxygens (including phenoxy) is 1. The predicted octanol–water partition coefficient (Wildman–Crippen LogP) is 0.557. The topological polar surface area (TPSA) is 49.9 Å². The molecule has 0 aromatic heterocycles. The first-order chi connectivity index (χ1) is 13.0. The molecule has 5 nitrogen and oxygen atoms in total. The fourth-order valence-corrected chi connectivity index (χ4v) is 3.83. The van der Waals surface area contributed by atoms with Gasteiger partial charge in [0.05, 0.1) is 4.91 Å². The summed E-state index contributed by atoms with van der Waals surface area (Å²) in [7, 11) is 3.88. The summed E-state index contributed by atoms with van der Waals surface area (Å²) in [5.74, 6) is -0.190. The number of carbonyl (C=O) groups is 2. The first-order valence-electron chi connectivity index (χ1n) is 9.08. The van der Waals surface area contributed by atoms with Crippen molar-refractivity contribution in [2.75, 3.05) is 33.8 Å². The van der Waals surface area contributed by atoms with Gasteiger partial charge in [0.2, 0.25) is 0 Å². The summed E-state index contributed by atoms with van der Waals surface area (Å²) in [5, 5.41) is 0. The number of benzene rings is 1. The van der Waals surface area contributed by atoms with E-state index in [0.29, 0.717) is 28.8 Å². The lowest BCUT2D eigenvalue weighted by Crippen LogP contribution is -3.00. The zero-order chi connectivity index (χ0) is 19.6. The smallest absolute Gasteiger partial charge is 0.305 e. The molecule has 2 rings (SSSR count). The minimum absolute atomic E-state index is 0. The fourth-order valence-electron chi connectivity index (χ4n) is 2.52. The van der Waals surface area contributed by atoms with Gasteiger partial charge in [0.15, 0.2) is 0 Å². The van der Waals surface area contributed by atoms with Crippen molar-refractivity contribution >= 4 is 46.3 Å². The second kappa shape index (κ2) is 12.9. The van der Waals surface area contributed by atoms with Crippen molar-refractivity contribution in [3.63, 3.8) is 0 Å². The molecule has 154 valence electrons. The molecule has 0 unspecified atom stereocenters. The first-order valence-corrected chi connectivity index (χ1v) is 10.3. The van der Waals surface area contributed by atoms with E-state index in [0.717, 1.165) is 31.4 Å². The van der Waals surface area contributed by atoms with Gasteiger partial charge in [-0.2, -0.15) is 0 Å². The van der Waals surface area contributed by atoms with Crippen LogP contribution in [0.2, 0.25) is 0 Å². The van der Waals surface area contributed by atoms with Crippen LogP contribution in [0.4, 0.5) is 0 Å². The molecule has 0 radical (unpaired) electrons. The minimum atomic E-state index is -0.159. The lowest BCUT2D eigenvalue weighted by molar-refractivity contribution is -0.144. The Hall–Kier alpha value is -1.41. The number of hydrogen-bond acceptors (Lipinski definition) is 6. The van der Waals surface area contributed by atoms with Gasteiger partial charge in [-0.1, -0.05) is 60.7 Å². The number of thiocarbonyl (C=S) groups is 1. The summed E-state index contributed by atoms with van der Waals surface area (Å²) in [4.78, 5) is 28.5. The van der Waals surface area contributed by atoms with Crippen molar-refractivity contribution in [3.8, 4) is 0 Å². The van der Waals surface area contributed by atoms with Crippen LogP contribution >= 0.6 is 24.0 Å². The number of halogens is 1. The van der Waals surface area contributed by atoms with Crippen LogP contribution in [0.25, 0.3) is 6.08 Å². The molecule has 0 N–H and O–H groups in total. The Bertz CT molecular complexity index is 696. The Labute approximate surface area is 182 Å². The van der Waals surface area contributed by atoms with Crippen molar-refractivity contribution in [2.45, 2.75) is 25.7 Å². The van der Waals surface area contributed by atoms with Gasteiger partial charge in [0.25, 0.3) is 5.91 Å². The summed E-state index contributed by atoms with van der Waals surface area (Å²) in [6, 6.07) is 9.76. The van der Waals surface area contributed by atoms with Crippen molar-refractivity contribution in [2.24, 2.45) is 0 Å². The van der Waals surface area contributed by atoms with Crippen LogP contribution in [0, 0.1) is 0 Å². The Morgan fingerprint density at radius 1 is 1.21 bits per heavy atom. The van der Waals surface area contributed by atoms with Crippen molar-refractivity contribution in [1.29, 1.82) is 0 Å². The van der Waals surface area contributed by atoms with E-state index < -0.39 is 0 Å². The molecule has 1 aromatic carbocycles. The lowest BCUT2D eigenvalue weighted by atomic mass is 10.2. The van der Waals surface area contributed by atoms with Gasteiger partial charge in [-0.05, 0) is 38.6 Å². The van der Waals surface area contributed by atoms with E-state index in [1.807, 2.05) is 55.4 Å². The van der Waals surface area contributed by atoms with E-state index in [-0.39, 0.29) is 24.3 Å². The van der Waals surface area contributed by atoms with Gasteiger partial charge in [-0.3, -0.25) is 14.5 Å². The minimum Gasteiger partial charge on any atom is -1.00 e. The molecule has 8 heteroatoms. The second-order valence-corrected chi connectivity index (χ2v) is 8.25. The van der Waals surface area contributed by atoms with Gasteiger partial charge in [0.1, 0.15) is 10.9 Å². The van der Waals surface area contributed by atoms with Gasteiger partial charge in [-0.25, -0.2) is 0 Å². The number of amides is 1. The Morgan fingerprint density at radius 2 is 1.93 bits per heavy atom. The van der Waals surface area contributed by atoms with Crippen LogP contribution in [-0.2, 0) is 14.3 Å². The van der Waals surface area contributed by atoms with Gasteiger partial charge < -0.3 is 22.0 Å². The average molecular weight is 442 g/mol. The standard InChI is InChI=1S/C20H26N2O3S2.ClH/c1-21(2)13-14-25-18(23)11-7-4-8-12-22-19(24)17(27-20(22)26)15-16-9-5-3-6-10-16;/h3,5-6,9-10,15H,4,7-8,11-14H2,1-2H3;1H/p-1/b17-15+;. The van der Waals surface area contributed by atoms with Gasteiger partial charge in [0, 0.05) is 19.5 Å². The summed E-state index contributed by atoms with van der Waals surface area (Å²) in [5.41, 5.74) is 0.991. The molecule has 0 spiro atoms. The fraction of sp³-hybridized carbons (Fsp3) is 0.450. The third kappa shape index (κ3) is 8.31. The summed E-state index contributed by atoms with van der Waals surface area (Å²) in [6.45, 7) is 1.75. The number of rotatable bonds is 10. The third-order valence-corrected chi connectivity index (χ3v) is 5.41. The van der Waals surface area contributed by atoms with E-state index in [1.54, 1.807) is 4.90 Å². The highest BCUT2D eigenvalue weighted by Crippen LogP contribution is 2.32. The maximum Gasteiger partial charge on any atom is 0.305 e. The van der Waals surface area contributed by atoms with E-state index in [9.17, 15) is 9.59 Å². The number of carbonyl (C=O) groups excluding carboxylic acids is 2. The molecule has 1 fully saturated rings. The molecule has 0 aliphatic carbocycles. The van der Waals surface area contributed by atoms with Crippen LogP contribution in [0.15, 0.2) is 35.2 Å². The van der Waals surface area contributed by atoms with Crippen LogP contribution in [0.1, 0.15) is 31.2 Å². The summed E-state index contributed by atoms with van der Waals surface area (Å²) >= 11 is 6.70. The second-order valence-electron chi connectivity index (χ2n) is 6.58. The number of esters is 1. The summed E-state index contributed by atoms with van der Waals surface area (Å²) < 4.78 is 5.76. The average Bonchev–Trinajstić information content (AvgIpc) is 2.89. The lowest BCUT2D eigenvalue weighted by Gasteiger charge is -2.14. The van der Waals surface area contributed by atoms with E-state index in [1.165, 1.54) is 11.8 Å². The zero-order valence-corrected chi connectivity index (χ0v) is 18.6. The van der Waals surface area contributed by atoms with Crippen LogP contribution in [0.3, 0.4) is 0 Å². The third-order valence-electron chi connectivity index (χ3n) is 4.04. The SMILES string of the molecule is CN(C)CCOC(=O)CCCCCN1C(=O)/C(=C\c2ccccc2)SC1=S.[Cl-]. The van der Waals surface area contributed by atoms with Crippen molar-refractivity contribution in [3.05, 3.63) is 40.8 Å². The molecule has 1 saturated heterocycles. The molecule has 1 aromatic rings. The highest BCUT2D eigenvalue weighted by atomic mass is 35.5. The van der Waals surface area contributed by atoms with E-state index in [2.05, 4.69) is 0 Å². The molecule has 1 amide bonds. The van der Waals surface area contributed by atoms with Crippen molar-refractivity contribution < 1.29 is 26.7 Å². The van der Waals surface area contributed by atoms with Gasteiger partial charge in [-0.15, -0.1) is 0 Å². The van der Waals surface area contributed by atoms with Crippen molar-refractivity contribution in [1.82, 2.24) is 9.80 Å². The Kier molecular flexibility index (Phi) is 11.4. The normalized spacial score (nSPS) is 15.2. The molecule has 0 atom stereocenters. The maximum absolute atomic E-state index is 12.5. The summed E-state index contributed by atoms with van der Waals surface area (Å²) in [6.07, 6.45) is 4.73. The van der Waals surface area contributed by atoms with E-state index >= 15 is 0 Å². The van der Waals surface area contributed by atoms with Gasteiger partial charge >= 0.3 is 5.97 Å². The molecule has 28 heavy (non-hydrogen) atoms. The molecule has 1 aliphatic heterocycles. The Morgan fingerprint density at radius 3 is 2.61 bits per heavy atom. The Balaban J connectivity index is 0.00000392. The number of nitrogens with zero attached hydrogens (tertiary/aromatic N) is 2.